The monoisotopic (exact) mass is 346 g/mol. The molecule has 2 N–H and O–H groups in total. The molecule has 120 valence electrons. The summed E-state index contributed by atoms with van der Waals surface area (Å²) in [5.41, 5.74) is 3.24. The van der Waals surface area contributed by atoms with Gasteiger partial charge in [0.05, 0.1) is 6.04 Å². The van der Waals surface area contributed by atoms with Crippen LogP contribution in [-0.2, 0) is 6.42 Å². The lowest BCUT2D eigenvalue weighted by atomic mass is 10.0. The molecule has 5 heteroatoms. The molecular formula is C18H19FN2S2. The molecule has 2 aromatic rings. The van der Waals surface area contributed by atoms with Gasteiger partial charge in [0, 0.05) is 16.3 Å². The highest BCUT2D eigenvalue weighted by Crippen LogP contribution is 2.36. The number of thioether (sulfide) groups is 1. The van der Waals surface area contributed by atoms with Gasteiger partial charge < -0.3 is 10.6 Å². The topological polar surface area (TPSA) is 24.1 Å². The Morgan fingerprint density at radius 3 is 2.96 bits per heavy atom. The number of rotatable bonds is 3. The van der Waals surface area contributed by atoms with Gasteiger partial charge in [-0.15, -0.1) is 11.8 Å². The van der Waals surface area contributed by atoms with E-state index in [4.69, 9.17) is 12.2 Å². The molecule has 1 aliphatic heterocycles. The van der Waals surface area contributed by atoms with Crippen molar-refractivity contribution < 1.29 is 4.39 Å². The number of para-hydroxylation sites is 1. The van der Waals surface area contributed by atoms with Crippen molar-refractivity contribution in [2.75, 3.05) is 11.1 Å². The molecule has 0 saturated carbocycles. The first-order valence-electron chi connectivity index (χ1n) is 7.75. The summed E-state index contributed by atoms with van der Waals surface area (Å²) in [5.74, 6) is 0.804. The summed E-state index contributed by atoms with van der Waals surface area (Å²) < 4.78 is 13.6. The molecule has 0 radical (unpaired) electrons. The minimum absolute atomic E-state index is 0.0516. The van der Waals surface area contributed by atoms with Crippen LogP contribution in [0.2, 0.25) is 0 Å². The SMILES string of the molecule is CCc1ccccc1NC(=S)N[C@H]1CCSc2ccc(F)cc21. The van der Waals surface area contributed by atoms with Gasteiger partial charge in [0.15, 0.2) is 5.11 Å². The fourth-order valence-corrected chi connectivity index (χ4v) is 4.14. The van der Waals surface area contributed by atoms with Crippen molar-refractivity contribution in [3.63, 3.8) is 0 Å². The van der Waals surface area contributed by atoms with Crippen LogP contribution in [0.15, 0.2) is 47.4 Å². The number of fused-ring (bicyclic) bond motifs is 1. The van der Waals surface area contributed by atoms with Gasteiger partial charge in [-0.3, -0.25) is 0 Å². The maximum Gasteiger partial charge on any atom is 0.171 e. The van der Waals surface area contributed by atoms with Crippen molar-refractivity contribution in [1.29, 1.82) is 0 Å². The maximum atomic E-state index is 13.6. The Hall–Kier alpha value is -1.59. The number of benzene rings is 2. The zero-order valence-corrected chi connectivity index (χ0v) is 14.6. The number of anilines is 1. The van der Waals surface area contributed by atoms with Crippen LogP contribution >= 0.6 is 24.0 Å². The van der Waals surface area contributed by atoms with Gasteiger partial charge >= 0.3 is 0 Å². The largest absolute Gasteiger partial charge is 0.356 e. The Morgan fingerprint density at radius 2 is 2.13 bits per heavy atom. The Balaban J connectivity index is 1.73. The molecule has 0 bridgehead atoms. The van der Waals surface area contributed by atoms with E-state index in [0.717, 1.165) is 34.7 Å². The average Bonchev–Trinajstić information content (AvgIpc) is 2.56. The van der Waals surface area contributed by atoms with Crippen molar-refractivity contribution in [3.05, 3.63) is 59.4 Å². The Labute approximate surface area is 145 Å². The first-order valence-corrected chi connectivity index (χ1v) is 9.14. The predicted octanol–water partition coefficient (Wildman–Crippen LogP) is 4.91. The maximum absolute atomic E-state index is 13.6. The van der Waals surface area contributed by atoms with Crippen LogP contribution in [0, 0.1) is 5.82 Å². The van der Waals surface area contributed by atoms with E-state index in [9.17, 15) is 4.39 Å². The standard InChI is InChI=1S/C18H19FN2S2/c1-2-12-5-3-4-6-15(12)20-18(22)21-16-9-10-23-17-8-7-13(19)11-14(16)17/h3-8,11,16H,2,9-10H2,1H3,(H2,20,21,22)/t16-/m0/s1. The van der Waals surface area contributed by atoms with Crippen LogP contribution in [0.3, 0.4) is 0 Å². The van der Waals surface area contributed by atoms with E-state index in [-0.39, 0.29) is 11.9 Å². The van der Waals surface area contributed by atoms with E-state index in [0.29, 0.717) is 5.11 Å². The Bertz CT molecular complexity index is 718. The van der Waals surface area contributed by atoms with Crippen molar-refractivity contribution in [1.82, 2.24) is 5.32 Å². The van der Waals surface area contributed by atoms with Gasteiger partial charge in [-0.05, 0) is 60.5 Å². The van der Waals surface area contributed by atoms with E-state index < -0.39 is 0 Å². The summed E-state index contributed by atoms with van der Waals surface area (Å²) in [4.78, 5) is 1.13. The van der Waals surface area contributed by atoms with Gasteiger partial charge in [0.25, 0.3) is 0 Å². The van der Waals surface area contributed by atoms with Gasteiger partial charge in [-0.2, -0.15) is 0 Å². The third-order valence-electron chi connectivity index (χ3n) is 3.96. The van der Waals surface area contributed by atoms with Crippen LogP contribution in [0.1, 0.15) is 30.5 Å². The van der Waals surface area contributed by atoms with Crippen LogP contribution in [0.5, 0.6) is 0 Å². The highest BCUT2D eigenvalue weighted by Gasteiger charge is 2.22. The van der Waals surface area contributed by atoms with E-state index in [2.05, 4.69) is 23.6 Å². The number of halogens is 1. The Kier molecular flexibility index (Phi) is 5.18. The molecule has 2 aromatic carbocycles. The van der Waals surface area contributed by atoms with Crippen LogP contribution in [-0.4, -0.2) is 10.9 Å². The fourth-order valence-electron chi connectivity index (χ4n) is 2.78. The second-order valence-corrected chi connectivity index (χ2v) is 7.03. The molecule has 0 spiro atoms. The smallest absolute Gasteiger partial charge is 0.171 e. The van der Waals surface area contributed by atoms with Crippen molar-refractivity contribution in [2.45, 2.75) is 30.7 Å². The molecule has 0 aromatic heterocycles. The lowest BCUT2D eigenvalue weighted by Gasteiger charge is -2.27. The minimum Gasteiger partial charge on any atom is -0.356 e. The van der Waals surface area contributed by atoms with Gasteiger partial charge in [0.2, 0.25) is 0 Å². The third-order valence-corrected chi connectivity index (χ3v) is 5.31. The molecule has 1 heterocycles. The molecule has 0 aliphatic carbocycles. The zero-order valence-electron chi connectivity index (χ0n) is 12.9. The molecule has 23 heavy (non-hydrogen) atoms. The summed E-state index contributed by atoms with van der Waals surface area (Å²) in [5, 5.41) is 7.20. The quantitative estimate of drug-likeness (QED) is 0.771. The van der Waals surface area contributed by atoms with Crippen LogP contribution in [0.25, 0.3) is 0 Å². The highest BCUT2D eigenvalue weighted by atomic mass is 32.2. The predicted molar refractivity (Wildman–Crippen MR) is 99.7 cm³/mol. The molecule has 3 rings (SSSR count). The minimum atomic E-state index is -0.201. The zero-order chi connectivity index (χ0) is 16.2. The molecule has 0 amide bonds. The summed E-state index contributed by atoms with van der Waals surface area (Å²) in [7, 11) is 0. The lowest BCUT2D eigenvalue weighted by Crippen LogP contribution is -2.34. The Morgan fingerprint density at radius 1 is 1.30 bits per heavy atom. The third kappa shape index (κ3) is 3.85. The number of aryl methyl sites for hydroxylation is 1. The molecule has 1 aliphatic rings. The van der Waals surface area contributed by atoms with Gasteiger partial charge in [0.1, 0.15) is 5.82 Å². The average molecular weight is 346 g/mol. The van der Waals surface area contributed by atoms with Crippen molar-refractivity contribution in [3.8, 4) is 0 Å². The van der Waals surface area contributed by atoms with Crippen molar-refractivity contribution in [2.24, 2.45) is 0 Å². The molecule has 0 saturated heterocycles. The summed E-state index contributed by atoms with van der Waals surface area (Å²) >= 11 is 7.23. The van der Waals surface area contributed by atoms with E-state index in [1.165, 1.54) is 11.6 Å². The van der Waals surface area contributed by atoms with Gasteiger partial charge in [-0.25, -0.2) is 4.39 Å². The number of hydrogen-bond acceptors (Lipinski definition) is 2. The highest BCUT2D eigenvalue weighted by molar-refractivity contribution is 7.99. The first-order chi connectivity index (χ1) is 11.2. The van der Waals surface area contributed by atoms with Crippen LogP contribution in [0.4, 0.5) is 10.1 Å². The fraction of sp³-hybridized carbons (Fsp3) is 0.278. The van der Waals surface area contributed by atoms with Crippen molar-refractivity contribution >= 4 is 34.8 Å². The second-order valence-electron chi connectivity index (χ2n) is 5.48. The summed E-state index contributed by atoms with van der Waals surface area (Å²) in [6.07, 6.45) is 1.87. The lowest BCUT2D eigenvalue weighted by molar-refractivity contribution is 0.587. The first kappa shape index (κ1) is 16.3. The van der Waals surface area contributed by atoms with E-state index in [1.807, 2.05) is 24.3 Å². The molecule has 1 atom stereocenters. The normalized spacial score (nSPS) is 16.5. The second kappa shape index (κ2) is 7.32. The summed E-state index contributed by atoms with van der Waals surface area (Å²) in [6, 6.07) is 13.2. The molecular weight excluding hydrogens is 327 g/mol. The summed E-state index contributed by atoms with van der Waals surface area (Å²) in [6.45, 7) is 2.12. The van der Waals surface area contributed by atoms with Gasteiger partial charge in [-0.1, -0.05) is 25.1 Å². The molecule has 0 unspecified atom stereocenters. The molecule has 0 fully saturated rings. The van der Waals surface area contributed by atoms with E-state index in [1.54, 1.807) is 17.8 Å². The molecule has 2 nitrogen and oxygen atoms in total. The number of nitrogens with one attached hydrogen (secondary N) is 2. The van der Waals surface area contributed by atoms with E-state index >= 15 is 0 Å². The number of hydrogen-bond donors (Lipinski definition) is 2. The number of thiocarbonyl (C=S) groups is 1. The van der Waals surface area contributed by atoms with Crippen LogP contribution < -0.4 is 10.6 Å².